The summed E-state index contributed by atoms with van der Waals surface area (Å²) in [6.07, 6.45) is 4.06. The summed E-state index contributed by atoms with van der Waals surface area (Å²) in [6, 6.07) is -0.264. The summed E-state index contributed by atoms with van der Waals surface area (Å²) in [4.78, 5) is 10.5. The van der Waals surface area contributed by atoms with E-state index in [-0.39, 0.29) is 12.1 Å². The van der Waals surface area contributed by atoms with Crippen molar-refractivity contribution in [3.63, 3.8) is 0 Å². The van der Waals surface area contributed by atoms with Gasteiger partial charge < -0.3 is 5.11 Å². The van der Waals surface area contributed by atoms with E-state index in [1.54, 1.807) is 6.08 Å². The zero-order valence-electron chi connectivity index (χ0n) is 9.60. The molecule has 1 aliphatic rings. The predicted octanol–water partition coefficient (Wildman–Crippen LogP) is 2.74. The molecule has 0 bridgehead atoms. The highest BCUT2D eigenvalue weighted by Crippen LogP contribution is 2.36. The minimum atomic E-state index is -0.264. The molecule has 15 heavy (non-hydrogen) atoms. The van der Waals surface area contributed by atoms with E-state index in [4.69, 9.17) is 0 Å². The van der Waals surface area contributed by atoms with Crippen LogP contribution in [0.5, 0.6) is 0 Å². The maximum absolute atomic E-state index is 10.5. The van der Waals surface area contributed by atoms with E-state index < -0.39 is 0 Å². The zero-order valence-corrected chi connectivity index (χ0v) is 9.60. The molecule has 1 rings (SSSR count). The average Bonchev–Trinajstić information content (AvgIpc) is 2.21. The molecule has 0 spiro atoms. The Morgan fingerprint density at radius 1 is 1.47 bits per heavy atom. The van der Waals surface area contributed by atoms with Gasteiger partial charge in [0.1, 0.15) is 6.04 Å². The van der Waals surface area contributed by atoms with Gasteiger partial charge >= 0.3 is 0 Å². The second-order valence-corrected chi connectivity index (χ2v) is 4.90. The van der Waals surface area contributed by atoms with Crippen LogP contribution >= 0.6 is 0 Å². The van der Waals surface area contributed by atoms with E-state index >= 15 is 0 Å². The molecular weight excluding hydrogens is 190 g/mol. The van der Waals surface area contributed by atoms with Gasteiger partial charge in [-0.15, -0.1) is 6.58 Å². The first-order valence-corrected chi connectivity index (χ1v) is 5.71. The molecule has 1 N–H and O–H groups in total. The average molecular weight is 211 g/mol. The molecule has 3 nitrogen and oxygen atoms in total. The van der Waals surface area contributed by atoms with Crippen molar-refractivity contribution >= 4 is 0 Å². The fourth-order valence-corrected chi connectivity index (χ4v) is 2.49. The molecular formula is C12H21NO2. The van der Waals surface area contributed by atoms with E-state index in [1.807, 2.05) is 0 Å². The number of hydrogen-bond donors (Lipinski definition) is 1. The molecule has 1 fully saturated rings. The largest absolute Gasteiger partial charge is 0.393 e. The highest BCUT2D eigenvalue weighted by Gasteiger charge is 2.32. The van der Waals surface area contributed by atoms with E-state index in [9.17, 15) is 10.0 Å². The van der Waals surface area contributed by atoms with Crippen molar-refractivity contribution in [2.24, 2.45) is 22.9 Å². The van der Waals surface area contributed by atoms with E-state index in [0.29, 0.717) is 17.8 Å². The quantitative estimate of drug-likeness (QED) is 0.574. The Morgan fingerprint density at radius 3 is 2.67 bits per heavy atom. The Labute approximate surface area is 91.5 Å². The van der Waals surface area contributed by atoms with E-state index in [2.05, 4.69) is 25.6 Å². The molecule has 86 valence electrons. The summed E-state index contributed by atoms with van der Waals surface area (Å²) in [5, 5.41) is 12.8. The van der Waals surface area contributed by atoms with Crippen LogP contribution in [0.4, 0.5) is 0 Å². The Hall–Kier alpha value is -0.700. The number of aliphatic hydroxyl groups is 1. The highest BCUT2D eigenvalue weighted by atomic mass is 16.3. The number of aliphatic hydroxyl groups excluding tert-OH is 1. The summed E-state index contributed by atoms with van der Waals surface area (Å²) in [5.41, 5.74) is 0. The predicted molar refractivity (Wildman–Crippen MR) is 61.5 cm³/mol. The third-order valence-electron chi connectivity index (χ3n) is 3.70. The van der Waals surface area contributed by atoms with Crippen LogP contribution in [-0.4, -0.2) is 17.3 Å². The second-order valence-electron chi connectivity index (χ2n) is 4.90. The molecule has 0 amide bonds. The molecule has 0 aliphatic heterocycles. The van der Waals surface area contributed by atoms with Crippen LogP contribution in [0, 0.1) is 22.7 Å². The lowest BCUT2D eigenvalue weighted by Gasteiger charge is -2.36. The molecule has 0 aromatic heterocycles. The Bertz CT molecular complexity index is 222. The summed E-state index contributed by atoms with van der Waals surface area (Å²) in [7, 11) is 0. The van der Waals surface area contributed by atoms with Crippen molar-refractivity contribution in [1.82, 2.24) is 0 Å². The molecule has 0 aromatic carbocycles. The molecule has 1 aliphatic carbocycles. The van der Waals surface area contributed by atoms with Crippen molar-refractivity contribution in [1.29, 1.82) is 0 Å². The maximum Gasteiger partial charge on any atom is 0.110 e. The number of nitroso groups, excluding NO2 is 1. The second kappa shape index (κ2) is 5.40. The van der Waals surface area contributed by atoms with Gasteiger partial charge in [-0.25, -0.2) is 0 Å². The van der Waals surface area contributed by atoms with Crippen LogP contribution in [0.2, 0.25) is 0 Å². The molecule has 0 aromatic rings. The fourth-order valence-electron chi connectivity index (χ4n) is 2.49. The van der Waals surface area contributed by atoms with Crippen LogP contribution < -0.4 is 0 Å². The lowest BCUT2D eigenvalue weighted by atomic mass is 9.71. The smallest absolute Gasteiger partial charge is 0.110 e. The highest BCUT2D eigenvalue weighted by molar-refractivity contribution is 4.91. The van der Waals surface area contributed by atoms with Gasteiger partial charge in [0.2, 0.25) is 0 Å². The van der Waals surface area contributed by atoms with Crippen molar-refractivity contribution in [2.75, 3.05) is 0 Å². The first-order chi connectivity index (χ1) is 7.08. The van der Waals surface area contributed by atoms with Crippen molar-refractivity contribution in [3.05, 3.63) is 17.6 Å². The van der Waals surface area contributed by atoms with Crippen LogP contribution in [0.15, 0.2) is 17.8 Å². The van der Waals surface area contributed by atoms with Gasteiger partial charge in [-0.1, -0.05) is 25.1 Å². The van der Waals surface area contributed by atoms with Gasteiger partial charge in [-0.2, -0.15) is 4.91 Å². The van der Waals surface area contributed by atoms with Gasteiger partial charge in [-0.3, -0.25) is 0 Å². The fraction of sp³-hybridized carbons (Fsp3) is 0.833. The zero-order chi connectivity index (χ0) is 11.4. The third-order valence-corrected chi connectivity index (χ3v) is 3.70. The molecule has 0 radical (unpaired) electrons. The standard InChI is InChI=1S/C12H21NO2/c1-4-11(13-15)7-10-5-9(3)12(14)6-8(10)2/h4,8-12,14H,1,5-7H2,2-3H3. The lowest BCUT2D eigenvalue weighted by Crippen LogP contribution is -2.33. The minimum absolute atomic E-state index is 0.178. The molecule has 3 heteroatoms. The Morgan fingerprint density at radius 2 is 2.13 bits per heavy atom. The van der Waals surface area contributed by atoms with Crippen molar-refractivity contribution in [2.45, 2.75) is 45.3 Å². The van der Waals surface area contributed by atoms with Gasteiger partial charge in [-0.05, 0) is 37.0 Å². The SMILES string of the molecule is C=CC(CC1CC(C)C(O)CC1C)N=O. The molecule has 1 saturated carbocycles. The van der Waals surface area contributed by atoms with Crippen LogP contribution in [0.1, 0.15) is 33.1 Å². The third kappa shape index (κ3) is 3.13. The van der Waals surface area contributed by atoms with Crippen LogP contribution in [0.3, 0.4) is 0 Å². The maximum atomic E-state index is 10.5. The molecule has 5 atom stereocenters. The monoisotopic (exact) mass is 211 g/mol. The summed E-state index contributed by atoms with van der Waals surface area (Å²) in [5.74, 6) is 1.30. The summed E-state index contributed by atoms with van der Waals surface area (Å²) < 4.78 is 0. The van der Waals surface area contributed by atoms with Gasteiger partial charge in [0, 0.05) is 0 Å². The summed E-state index contributed by atoms with van der Waals surface area (Å²) >= 11 is 0. The molecule has 5 unspecified atom stereocenters. The van der Waals surface area contributed by atoms with E-state index in [1.165, 1.54) is 0 Å². The Balaban J connectivity index is 2.54. The van der Waals surface area contributed by atoms with Gasteiger partial charge in [0.05, 0.1) is 6.10 Å². The number of hydrogen-bond acceptors (Lipinski definition) is 3. The van der Waals surface area contributed by atoms with Crippen molar-refractivity contribution < 1.29 is 5.11 Å². The first-order valence-electron chi connectivity index (χ1n) is 5.71. The molecule has 0 heterocycles. The van der Waals surface area contributed by atoms with Crippen molar-refractivity contribution in [3.8, 4) is 0 Å². The van der Waals surface area contributed by atoms with Crippen LogP contribution in [0.25, 0.3) is 0 Å². The van der Waals surface area contributed by atoms with Gasteiger partial charge in [0.15, 0.2) is 0 Å². The topological polar surface area (TPSA) is 49.7 Å². The van der Waals surface area contributed by atoms with E-state index in [0.717, 1.165) is 19.3 Å². The van der Waals surface area contributed by atoms with Crippen LogP contribution in [-0.2, 0) is 0 Å². The molecule has 0 saturated heterocycles. The lowest BCUT2D eigenvalue weighted by molar-refractivity contribution is 0.0250. The number of nitrogens with zero attached hydrogens (tertiary/aromatic N) is 1. The normalized spacial score (nSPS) is 38.3. The minimum Gasteiger partial charge on any atom is -0.393 e. The Kier molecular flexibility index (Phi) is 4.45. The first kappa shape index (κ1) is 12.4. The number of rotatable bonds is 4. The van der Waals surface area contributed by atoms with Gasteiger partial charge in [0.25, 0.3) is 0 Å². The summed E-state index contributed by atoms with van der Waals surface area (Å²) in [6.45, 7) is 7.83.